The summed E-state index contributed by atoms with van der Waals surface area (Å²) in [5.74, 6) is -1.95. The zero-order valence-electron chi connectivity index (χ0n) is 20.5. The van der Waals surface area contributed by atoms with Crippen LogP contribution in [-0.2, 0) is 15.6 Å². The Bertz CT molecular complexity index is 1560. The van der Waals surface area contributed by atoms with Crippen LogP contribution in [0.4, 0.5) is 19.4 Å². The van der Waals surface area contributed by atoms with Gasteiger partial charge in [0.05, 0.1) is 10.8 Å². The molecule has 0 aliphatic carbocycles. The first-order valence-electron chi connectivity index (χ1n) is 10.7. The second-order valence-corrected chi connectivity index (χ2v) is 12.7. The Morgan fingerprint density at radius 3 is 2.54 bits per heavy atom. The Kier molecular flexibility index (Phi) is 8.47. The third-order valence-electron chi connectivity index (χ3n) is 5.62. The van der Waals surface area contributed by atoms with Crippen LogP contribution >= 0.6 is 34.3 Å². The number of fused-ring (bicyclic) bond motifs is 1. The van der Waals surface area contributed by atoms with Crippen molar-refractivity contribution in [3.63, 3.8) is 0 Å². The molecule has 0 unspecified atom stereocenters. The van der Waals surface area contributed by atoms with E-state index in [1.165, 1.54) is 17.4 Å². The van der Waals surface area contributed by atoms with Crippen LogP contribution in [0.5, 0.6) is 5.06 Å². The molecule has 4 aromatic rings. The summed E-state index contributed by atoms with van der Waals surface area (Å²) < 4.78 is 59.0. The van der Waals surface area contributed by atoms with Crippen LogP contribution in [0, 0.1) is 11.6 Å². The molecule has 0 N–H and O–H groups in total. The SMILES string of the molecule is O=C(Oc1cc(Cl)cs1)N1CCN(c2nccc3sc(S(=O)(=O)Cc4ccc(F)c(F)c4)cc23)CC1.[H-].[Li+]. The maximum Gasteiger partial charge on any atom is 1.00 e. The maximum absolute atomic E-state index is 13.6. The fraction of sp³-hybridized carbons (Fsp3) is 0.217. The Labute approximate surface area is 238 Å². The fourth-order valence-corrected chi connectivity index (χ4v) is 7.55. The van der Waals surface area contributed by atoms with Crippen molar-refractivity contribution in [3.05, 3.63) is 70.2 Å². The van der Waals surface area contributed by atoms with Gasteiger partial charge < -0.3 is 16.0 Å². The maximum atomic E-state index is 13.6. The summed E-state index contributed by atoms with van der Waals surface area (Å²) in [6, 6.07) is 7.95. The molecule has 0 atom stereocenters. The number of amides is 1. The topological polar surface area (TPSA) is 79.8 Å². The van der Waals surface area contributed by atoms with E-state index in [2.05, 4.69) is 4.98 Å². The van der Waals surface area contributed by atoms with Crippen LogP contribution in [0.2, 0.25) is 5.02 Å². The molecule has 0 spiro atoms. The van der Waals surface area contributed by atoms with Crippen molar-refractivity contribution in [3.8, 4) is 5.06 Å². The number of hydrogen-bond acceptors (Lipinski definition) is 8. The van der Waals surface area contributed by atoms with Crippen LogP contribution in [0.15, 0.2) is 52.2 Å². The van der Waals surface area contributed by atoms with E-state index in [1.807, 2.05) is 4.90 Å². The molecular formula is C23H19ClF2LiN3O4S3. The van der Waals surface area contributed by atoms with E-state index in [9.17, 15) is 22.0 Å². The first kappa shape index (κ1) is 27.8. The summed E-state index contributed by atoms with van der Waals surface area (Å²) >= 11 is 8.22. The summed E-state index contributed by atoms with van der Waals surface area (Å²) in [7, 11) is -3.80. The zero-order valence-corrected chi connectivity index (χ0v) is 22.7. The van der Waals surface area contributed by atoms with Gasteiger partial charge in [-0.3, -0.25) is 0 Å². The van der Waals surface area contributed by atoms with Crippen LogP contribution in [0.3, 0.4) is 0 Å². The minimum Gasteiger partial charge on any atom is -1.00 e. The summed E-state index contributed by atoms with van der Waals surface area (Å²) in [4.78, 5) is 20.5. The predicted molar refractivity (Wildman–Crippen MR) is 137 cm³/mol. The van der Waals surface area contributed by atoms with Gasteiger partial charge in [0.25, 0.3) is 0 Å². The van der Waals surface area contributed by atoms with Crippen molar-refractivity contribution in [1.82, 2.24) is 9.88 Å². The van der Waals surface area contributed by atoms with Gasteiger partial charge in [-0.1, -0.05) is 17.7 Å². The number of thiophene rings is 2. The van der Waals surface area contributed by atoms with E-state index in [0.717, 1.165) is 28.2 Å². The number of ether oxygens (including phenoxy) is 1. The molecule has 0 bridgehead atoms. The van der Waals surface area contributed by atoms with E-state index in [4.69, 9.17) is 16.3 Å². The second kappa shape index (κ2) is 11.3. The van der Waals surface area contributed by atoms with Gasteiger partial charge in [-0.25, -0.2) is 27.0 Å². The number of carbonyl (C=O) groups is 1. The molecule has 190 valence electrons. The molecule has 1 saturated heterocycles. The molecule has 1 fully saturated rings. The molecule has 37 heavy (non-hydrogen) atoms. The standard InChI is InChI=1S/C23H18ClF2N3O4S3.Li.H/c24-15-10-20(34-12-15)33-23(30)29-7-5-28(6-8-29)22-16-11-21(35-19(16)3-4-27-22)36(31,32)13-14-1-2-17(25)18(26)9-14;;/h1-4,9-12H,5-8,13H2;;/q;+1;-1. The van der Waals surface area contributed by atoms with E-state index in [0.29, 0.717) is 47.5 Å². The van der Waals surface area contributed by atoms with E-state index in [1.54, 1.807) is 34.7 Å². The van der Waals surface area contributed by atoms with Crippen molar-refractivity contribution >= 4 is 66.1 Å². The smallest absolute Gasteiger partial charge is 1.00 e. The molecule has 3 aromatic heterocycles. The van der Waals surface area contributed by atoms with Crippen molar-refractivity contribution < 1.29 is 47.0 Å². The van der Waals surface area contributed by atoms with Crippen molar-refractivity contribution in [1.29, 1.82) is 0 Å². The van der Waals surface area contributed by atoms with Crippen LogP contribution < -0.4 is 28.5 Å². The number of sulfone groups is 1. The number of nitrogens with zero attached hydrogens (tertiary/aromatic N) is 3. The van der Waals surface area contributed by atoms with Gasteiger partial charge in [-0.2, -0.15) is 0 Å². The molecule has 7 nitrogen and oxygen atoms in total. The third-order valence-corrected chi connectivity index (χ3v) is 10.1. The number of pyridine rings is 1. The molecular weight excluding hydrogens is 559 g/mol. The normalized spacial score (nSPS) is 14.0. The van der Waals surface area contributed by atoms with E-state index >= 15 is 0 Å². The molecule has 5 rings (SSSR count). The molecule has 1 aliphatic rings. The minimum atomic E-state index is -3.80. The van der Waals surface area contributed by atoms with Crippen LogP contribution in [-0.4, -0.2) is 50.6 Å². The molecule has 0 saturated carbocycles. The van der Waals surface area contributed by atoms with E-state index < -0.39 is 33.3 Å². The Morgan fingerprint density at radius 1 is 1.11 bits per heavy atom. The van der Waals surface area contributed by atoms with Gasteiger partial charge in [0, 0.05) is 53.9 Å². The first-order chi connectivity index (χ1) is 17.2. The van der Waals surface area contributed by atoms with Crippen molar-refractivity contribution in [2.24, 2.45) is 0 Å². The number of hydrogen-bond donors (Lipinski definition) is 0. The number of carbonyl (C=O) groups excluding carboxylic acids is 1. The number of halogens is 3. The Balaban J connectivity index is 0.00000200. The van der Waals surface area contributed by atoms with Gasteiger partial charge in [0.1, 0.15) is 10.0 Å². The first-order valence-corrected chi connectivity index (χ1v) is 14.4. The van der Waals surface area contributed by atoms with Gasteiger partial charge in [-0.05, 0) is 29.8 Å². The van der Waals surface area contributed by atoms with Gasteiger partial charge >= 0.3 is 25.0 Å². The second-order valence-electron chi connectivity index (χ2n) is 8.05. The molecule has 4 heterocycles. The third kappa shape index (κ3) is 6.11. The number of aromatic nitrogens is 1. The summed E-state index contributed by atoms with van der Waals surface area (Å²) in [6.07, 6.45) is 1.15. The van der Waals surface area contributed by atoms with Gasteiger partial charge in [-0.15, -0.1) is 22.7 Å². The predicted octanol–water partition coefficient (Wildman–Crippen LogP) is 2.70. The molecule has 1 aromatic carbocycles. The van der Waals surface area contributed by atoms with Crippen LogP contribution in [0.1, 0.15) is 6.99 Å². The summed E-state index contributed by atoms with van der Waals surface area (Å²) in [5.41, 5.74) is 0.164. The number of piperazine rings is 1. The average molecular weight is 578 g/mol. The number of anilines is 1. The summed E-state index contributed by atoms with van der Waals surface area (Å²) in [5, 5.41) is 3.29. The quantitative estimate of drug-likeness (QED) is 0.340. The summed E-state index contributed by atoms with van der Waals surface area (Å²) in [6.45, 7) is 1.78. The van der Waals surface area contributed by atoms with Crippen molar-refractivity contribution in [2.75, 3.05) is 31.1 Å². The van der Waals surface area contributed by atoms with E-state index in [-0.39, 0.29) is 30.1 Å². The minimum absolute atomic E-state index is 0. The molecule has 1 aliphatic heterocycles. The number of rotatable bonds is 5. The Morgan fingerprint density at radius 2 is 1.86 bits per heavy atom. The average Bonchev–Trinajstić information content (AvgIpc) is 3.48. The van der Waals surface area contributed by atoms with Crippen LogP contribution in [0.25, 0.3) is 10.1 Å². The fourth-order valence-electron chi connectivity index (χ4n) is 3.85. The number of benzene rings is 1. The molecule has 1 amide bonds. The van der Waals surface area contributed by atoms with Gasteiger partial charge in [0.15, 0.2) is 26.5 Å². The molecule has 0 radical (unpaired) electrons. The zero-order chi connectivity index (χ0) is 25.4. The van der Waals surface area contributed by atoms with Crippen molar-refractivity contribution in [2.45, 2.75) is 9.96 Å². The monoisotopic (exact) mass is 577 g/mol. The molecule has 14 heteroatoms. The largest absolute Gasteiger partial charge is 1.00 e. The van der Waals surface area contributed by atoms with Gasteiger partial charge in [0.2, 0.25) is 0 Å². The Hall–Kier alpha value is -2.20.